The summed E-state index contributed by atoms with van der Waals surface area (Å²) >= 11 is 0. The van der Waals surface area contributed by atoms with Gasteiger partial charge in [0.25, 0.3) is 0 Å². The average Bonchev–Trinajstić information content (AvgIpc) is 2.27. The highest BCUT2D eigenvalue weighted by Gasteiger charge is 2.31. The molecule has 1 aromatic carbocycles. The lowest BCUT2D eigenvalue weighted by Gasteiger charge is -2.27. The molecule has 0 aliphatic heterocycles. The zero-order chi connectivity index (χ0) is 14.5. The highest BCUT2D eigenvalue weighted by Crippen LogP contribution is 2.26. The third-order valence-corrected chi connectivity index (χ3v) is 2.85. The number of alkyl halides is 3. The summed E-state index contributed by atoms with van der Waals surface area (Å²) in [7, 11) is 1.84. The van der Waals surface area contributed by atoms with E-state index in [1.165, 1.54) is 4.90 Å². The van der Waals surface area contributed by atoms with Crippen molar-refractivity contribution in [2.75, 3.05) is 25.0 Å². The van der Waals surface area contributed by atoms with Gasteiger partial charge in [-0.2, -0.15) is 13.2 Å². The number of hydrogen-bond donors (Lipinski definition) is 1. The Morgan fingerprint density at radius 1 is 1.26 bits per heavy atom. The Bertz CT molecular complexity index is 402. The van der Waals surface area contributed by atoms with Crippen molar-refractivity contribution in [1.82, 2.24) is 5.32 Å². The predicted molar refractivity (Wildman–Crippen MR) is 72.5 cm³/mol. The maximum Gasteiger partial charge on any atom is 0.405 e. The van der Waals surface area contributed by atoms with Gasteiger partial charge in [-0.15, -0.1) is 0 Å². The maximum atomic E-state index is 12.6. The van der Waals surface area contributed by atoms with Crippen molar-refractivity contribution in [3.05, 3.63) is 29.3 Å². The molecular formula is C14H21F3N2. The second-order valence-electron chi connectivity index (χ2n) is 4.69. The van der Waals surface area contributed by atoms with Gasteiger partial charge in [-0.05, 0) is 37.6 Å². The highest BCUT2D eigenvalue weighted by atomic mass is 19.4. The summed E-state index contributed by atoms with van der Waals surface area (Å²) in [5.74, 6) is 0. The van der Waals surface area contributed by atoms with E-state index >= 15 is 0 Å². The lowest BCUT2D eigenvalue weighted by molar-refractivity contribution is -0.119. The van der Waals surface area contributed by atoms with E-state index < -0.39 is 12.7 Å². The first kappa shape index (κ1) is 15.8. The molecule has 0 radical (unpaired) electrons. The first-order valence-corrected chi connectivity index (χ1v) is 6.43. The molecule has 0 saturated carbocycles. The van der Waals surface area contributed by atoms with Gasteiger partial charge < -0.3 is 10.2 Å². The van der Waals surface area contributed by atoms with Crippen LogP contribution in [0.15, 0.2) is 18.2 Å². The van der Waals surface area contributed by atoms with Crippen molar-refractivity contribution in [3.8, 4) is 0 Å². The lowest BCUT2D eigenvalue weighted by Crippen LogP contribution is -2.35. The number of rotatable bonds is 6. The molecule has 0 fully saturated rings. The molecule has 0 aliphatic carbocycles. The molecule has 1 rings (SSSR count). The molecule has 19 heavy (non-hydrogen) atoms. The van der Waals surface area contributed by atoms with Crippen LogP contribution in [0.4, 0.5) is 18.9 Å². The molecule has 0 saturated heterocycles. The van der Waals surface area contributed by atoms with Gasteiger partial charge in [0.1, 0.15) is 6.54 Å². The fourth-order valence-corrected chi connectivity index (χ4v) is 2.16. The summed E-state index contributed by atoms with van der Waals surface area (Å²) in [6.07, 6.45) is -3.49. The van der Waals surface area contributed by atoms with E-state index in [9.17, 15) is 13.2 Å². The van der Waals surface area contributed by atoms with Gasteiger partial charge >= 0.3 is 6.18 Å². The largest absolute Gasteiger partial charge is 0.405 e. The lowest BCUT2D eigenvalue weighted by atomic mass is 10.1. The molecule has 0 bridgehead atoms. The van der Waals surface area contributed by atoms with Gasteiger partial charge in [-0.1, -0.05) is 19.1 Å². The van der Waals surface area contributed by atoms with Crippen LogP contribution in [0.1, 0.15) is 24.5 Å². The smallest absolute Gasteiger partial charge is 0.362 e. The first-order chi connectivity index (χ1) is 8.87. The van der Waals surface area contributed by atoms with E-state index in [-0.39, 0.29) is 0 Å². The van der Waals surface area contributed by atoms with Gasteiger partial charge in [0.2, 0.25) is 0 Å². The molecule has 0 unspecified atom stereocenters. The molecule has 5 heteroatoms. The Hall–Kier alpha value is -1.23. The molecule has 108 valence electrons. The molecule has 0 aliphatic rings. The SMILES string of the molecule is CCCN(CC(F)(F)F)c1ccc(CNC)cc1C. The minimum absolute atomic E-state index is 0.408. The van der Waals surface area contributed by atoms with E-state index in [2.05, 4.69) is 5.32 Å². The molecule has 1 N–H and O–H groups in total. The van der Waals surface area contributed by atoms with Gasteiger partial charge in [0.05, 0.1) is 0 Å². The molecule has 0 spiro atoms. The second-order valence-corrected chi connectivity index (χ2v) is 4.69. The van der Waals surface area contributed by atoms with Gasteiger partial charge in [0.15, 0.2) is 0 Å². The van der Waals surface area contributed by atoms with Gasteiger partial charge in [0, 0.05) is 18.8 Å². The van der Waals surface area contributed by atoms with Crippen LogP contribution in [-0.4, -0.2) is 26.3 Å². The van der Waals surface area contributed by atoms with E-state index in [1.807, 2.05) is 33.0 Å². The van der Waals surface area contributed by atoms with Crippen LogP contribution in [0.3, 0.4) is 0 Å². The third kappa shape index (κ3) is 5.11. The summed E-state index contributed by atoms with van der Waals surface area (Å²) in [5, 5.41) is 3.03. The summed E-state index contributed by atoms with van der Waals surface area (Å²) in [5.41, 5.74) is 2.62. The number of hydrogen-bond acceptors (Lipinski definition) is 2. The first-order valence-electron chi connectivity index (χ1n) is 6.43. The Kier molecular flexibility index (Phi) is 5.66. The minimum Gasteiger partial charge on any atom is -0.362 e. The van der Waals surface area contributed by atoms with Crippen LogP contribution in [-0.2, 0) is 6.54 Å². The van der Waals surface area contributed by atoms with Crippen molar-refractivity contribution in [2.24, 2.45) is 0 Å². The summed E-state index contributed by atoms with van der Waals surface area (Å²) in [4.78, 5) is 1.40. The average molecular weight is 274 g/mol. The Balaban J connectivity index is 2.95. The minimum atomic E-state index is -4.18. The van der Waals surface area contributed by atoms with Crippen LogP contribution in [0, 0.1) is 6.92 Å². The number of nitrogens with zero attached hydrogens (tertiary/aromatic N) is 1. The predicted octanol–water partition coefficient (Wildman–Crippen LogP) is 3.49. The number of aryl methyl sites for hydroxylation is 1. The van der Waals surface area contributed by atoms with Crippen molar-refractivity contribution < 1.29 is 13.2 Å². The molecule has 0 amide bonds. The van der Waals surface area contributed by atoms with Crippen LogP contribution in [0.25, 0.3) is 0 Å². The molecule has 1 aromatic rings. The monoisotopic (exact) mass is 274 g/mol. The van der Waals surface area contributed by atoms with Crippen LogP contribution < -0.4 is 10.2 Å². The molecule has 2 nitrogen and oxygen atoms in total. The number of benzene rings is 1. The van der Waals surface area contributed by atoms with E-state index in [0.717, 1.165) is 11.1 Å². The fraction of sp³-hybridized carbons (Fsp3) is 0.571. The topological polar surface area (TPSA) is 15.3 Å². The standard InChI is InChI=1S/C14H21F3N2/c1-4-7-19(10-14(15,16)17)13-6-5-12(9-18-3)8-11(13)2/h5-6,8,18H,4,7,9-10H2,1-3H3. The zero-order valence-electron chi connectivity index (χ0n) is 11.6. The van der Waals surface area contributed by atoms with E-state index in [1.54, 1.807) is 6.07 Å². The van der Waals surface area contributed by atoms with E-state index in [0.29, 0.717) is 25.2 Å². The van der Waals surface area contributed by atoms with Crippen LogP contribution in [0.5, 0.6) is 0 Å². The number of halogens is 3. The zero-order valence-corrected chi connectivity index (χ0v) is 11.6. The van der Waals surface area contributed by atoms with Gasteiger partial charge in [-0.25, -0.2) is 0 Å². The number of nitrogens with one attached hydrogen (secondary N) is 1. The van der Waals surface area contributed by atoms with Crippen LogP contribution in [0.2, 0.25) is 0 Å². The van der Waals surface area contributed by atoms with Crippen molar-refractivity contribution in [2.45, 2.75) is 33.0 Å². The highest BCUT2D eigenvalue weighted by molar-refractivity contribution is 5.54. The van der Waals surface area contributed by atoms with Crippen molar-refractivity contribution >= 4 is 5.69 Å². The van der Waals surface area contributed by atoms with Crippen molar-refractivity contribution in [3.63, 3.8) is 0 Å². The number of anilines is 1. The second kappa shape index (κ2) is 6.80. The summed E-state index contributed by atoms with van der Waals surface area (Å²) in [6, 6.07) is 5.59. The van der Waals surface area contributed by atoms with Gasteiger partial charge in [-0.3, -0.25) is 0 Å². The third-order valence-electron chi connectivity index (χ3n) is 2.85. The summed E-state index contributed by atoms with van der Waals surface area (Å²) in [6.45, 7) is 3.97. The Morgan fingerprint density at radius 3 is 2.42 bits per heavy atom. The molecular weight excluding hydrogens is 253 g/mol. The summed E-state index contributed by atoms with van der Waals surface area (Å²) < 4.78 is 37.8. The molecule has 0 aromatic heterocycles. The quantitative estimate of drug-likeness (QED) is 0.854. The maximum absolute atomic E-state index is 12.6. The Labute approximate surface area is 112 Å². The van der Waals surface area contributed by atoms with E-state index in [4.69, 9.17) is 0 Å². The van der Waals surface area contributed by atoms with Crippen LogP contribution >= 0.6 is 0 Å². The molecule has 0 atom stereocenters. The molecule has 0 heterocycles. The fourth-order valence-electron chi connectivity index (χ4n) is 2.16. The Morgan fingerprint density at radius 2 is 1.95 bits per heavy atom. The normalized spacial score (nSPS) is 11.7. The van der Waals surface area contributed by atoms with Crippen molar-refractivity contribution in [1.29, 1.82) is 0 Å².